The van der Waals surface area contributed by atoms with Gasteiger partial charge in [-0.1, -0.05) is 0 Å². The lowest BCUT2D eigenvalue weighted by Gasteiger charge is -2.19. The molecule has 0 bridgehead atoms. The van der Waals surface area contributed by atoms with Crippen LogP contribution in [-0.2, 0) is 16.9 Å². The van der Waals surface area contributed by atoms with E-state index < -0.39 is 0 Å². The third-order valence-electron chi connectivity index (χ3n) is 1.93. The summed E-state index contributed by atoms with van der Waals surface area (Å²) in [7, 11) is 3.62. The molecular formula is C9H16N2OS. The van der Waals surface area contributed by atoms with Crippen LogP contribution in [-0.4, -0.2) is 19.1 Å². The first-order valence-electron chi connectivity index (χ1n) is 4.25. The van der Waals surface area contributed by atoms with Crippen LogP contribution in [0.15, 0.2) is 5.38 Å². The Labute approximate surface area is 83.1 Å². The smallest absolute Gasteiger partial charge is 0.124 e. The minimum absolute atomic E-state index is 0.267. The maximum absolute atomic E-state index is 5.34. The lowest BCUT2D eigenvalue weighted by atomic mass is 10.1. The maximum atomic E-state index is 5.34. The summed E-state index contributed by atoms with van der Waals surface area (Å²) in [5.74, 6) is 0. The molecule has 0 aliphatic heterocycles. The van der Waals surface area contributed by atoms with Gasteiger partial charge in [-0.25, -0.2) is 4.98 Å². The molecule has 0 saturated heterocycles. The van der Waals surface area contributed by atoms with Gasteiger partial charge in [0.1, 0.15) is 10.6 Å². The Morgan fingerprint density at radius 1 is 1.62 bits per heavy atom. The molecule has 13 heavy (non-hydrogen) atoms. The van der Waals surface area contributed by atoms with Crippen molar-refractivity contribution < 1.29 is 4.74 Å². The molecule has 1 N–H and O–H groups in total. The van der Waals surface area contributed by atoms with E-state index in [9.17, 15) is 0 Å². The van der Waals surface area contributed by atoms with Gasteiger partial charge >= 0.3 is 0 Å². The summed E-state index contributed by atoms with van der Waals surface area (Å²) in [5, 5.41) is 6.16. The van der Waals surface area contributed by atoms with Crippen LogP contribution in [0.1, 0.15) is 24.5 Å². The molecule has 0 aliphatic rings. The Morgan fingerprint density at radius 3 is 2.85 bits per heavy atom. The Morgan fingerprint density at radius 2 is 2.31 bits per heavy atom. The fourth-order valence-corrected chi connectivity index (χ4v) is 1.85. The second-order valence-electron chi connectivity index (χ2n) is 3.39. The number of hydrogen-bond donors (Lipinski definition) is 1. The highest BCUT2D eigenvalue weighted by molar-refractivity contribution is 7.09. The predicted octanol–water partition coefficient (Wildman–Crippen LogP) is 1.74. The zero-order valence-corrected chi connectivity index (χ0v) is 9.36. The molecule has 0 saturated carbocycles. The molecule has 4 heteroatoms. The van der Waals surface area contributed by atoms with Crippen LogP contribution in [0.3, 0.4) is 0 Å². The van der Waals surface area contributed by atoms with Crippen LogP contribution >= 0.6 is 11.3 Å². The van der Waals surface area contributed by atoms with Crippen LogP contribution < -0.4 is 5.32 Å². The number of nitrogens with zero attached hydrogens (tertiary/aromatic N) is 1. The number of methoxy groups -OCH3 is 1. The molecule has 0 unspecified atom stereocenters. The molecule has 0 aromatic carbocycles. The first-order chi connectivity index (χ1) is 6.10. The summed E-state index contributed by atoms with van der Waals surface area (Å²) >= 11 is 1.64. The van der Waals surface area contributed by atoms with Crippen LogP contribution in [0.25, 0.3) is 0 Å². The van der Waals surface area contributed by atoms with E-state index in [1.54, 1.807) is 18.4 Å². The quantitative estimate of drug-likeness (QED) is 0.804. The molecule has 1 rings (SSSR count). The molecule has 0 atom stereocenters. The molecule has 3 nitrogen and oxygen atoms in total. The van der Waals surface area contributed by atoms with Crippen molar-refractivity contribution in [2.24, 2.45) is 0 Å². The zero-order chi connectivity index (χ0) is 9.90. The van der Waals surface area contributed by atoms with E-state index in [1.807, 2.05) is 20.9 Å². The van der Waals surface area contributed by atoms with E-state index in [0.29, 0.717) is 0 Å². The second-order valence-corrected chi connectivity index (χ2v) is 4.25. The first-order valence-corrected chi connectivity index (χ1v) is 5.12. The lowest BCUT2D eigenvalue weighted by Crippen LogP contribution is -2.19. The third-order valence-corrected chi connectivity index (χ3v) is 3.13. The molecule has 0 aliphatic carbocycles. The number of thiazole rings is 1. The average molecular weight is 200 g/mol. The standard InChI is InChI=1S/C9H16N2OS/c1-9(2,12-4)8-11-7(5-10-3)6-13-8/h6,10H,5H2,1-4H3. The van der Waals surface area contributed by atoms with E-state index in [0.717, 1.165) is 17.2 Å². The van der Waals surface area contributed by atoms with E-state index in [2.05, 4.69) is 15.7 Å². The van der Waals surface area contributed by atoms with Crippen molar-refractivity contribution in [2.45, 2.75) is 26.0 Å². The third kappa shape index (κ3) is 2.49. The van der Waals surface area contributed by atoms with Crippen molar-refractivity contribution in [1.29, 1.82) is 0 Å². The highest BCUT2D eigenvalue weighted by atomic mass is 32.1. The van der Waals surface area contributed by atoms with Crippen molar-refractivity contribution in [3.8, 4) is 0 Å². The minimum Gasteiger partial charge on any atom is -0.372 e. The predicted molar refractivity (Wildman–Crippen MR) is 54.9 cm³/mol. The molecule has 1 heterocycles. The Bertz CT molecular complexity index is 270. The van der Waals surface area contributed by atoms with Crippen LogP contribution in [0.2, 0.25) is 0 Å². The fraction of sp³-hybridized carbons (Fsp3) is 0.667. The summed E-state index contributed by atoms with van der Waals surface area (Å²) in [5.41, 5.74) is 0.809. The normalized spacial score (nSPS) is 12.0. The van der Waals surface area contributed by atoms with E-state index in [-0.39, 0.29) is 5.60 Å². The summed E-state index contributed by atoms with van der Waals surface area (Å²) < 4.78 is 5.34. The molecule has 74 valence electrons. The Hall–Kier alpha value is -0.450. The number of nitrogens with one attached hydrogen (secondary N) is 1. The average Bonchev–Trinajstić information content (AvgIpc) is 2.54. The Kier molecular flexibility index (Phi) is 3.41. The van der Waals surface area contributed by atoms with Gasteiger partial charge in [0, 0.05) is 19.0 Å². The second kappa shape index (κ2) is 4.17. The van der Waals surface area contributed by atoms with Crippen LogP contribution in [0.4, 0.5) is 0 Å². The zero-order valence-electron chi connectivity index (χ0n) is 8.55. The van der Waals surface area contributed by atoms with E-state index >= 15 is 0 Å². The van der Waals surface area contributed by atoms with Gasteiger partial charge in [0.25, 0.3) is 0 Å². The number of ether oxygens (including phenoxy) is 1. The lowest BCUT2D eigenvalue weighted by molar-refractivity contribution is 0.0189. The van der Waals surface area contributed by atoms with Gasteiger partial charge < -0.3 is 10.1 Å². The fourth-order valence-electron chi connectivity index (χ4n) is 0.933. The van der Waals surface area contributed by atoms with E-state index in [1.165, 1.54) is 0 Å². The first kappa shape index (κ1) is 10.6. The Balaban J connectivity index is 2.79. The van der Waals surface area contributed by atoms with Gasteiger partial charge in [-0.15, -0.1) is 11.3 Å². The largest absolute Gasteiger partial charge is 0.372 e. The summed E-state index contributed by atoms with van der Waals surface area (Å²) in [4.78, 5) is 4.47. The van der Waals surface area contributed by atoms with Crippen molar-refractivity contribution in [1.82, 2.24) is 10.3 Å². The molecular weight excluding hydrogens is 184 g/mol. The minimum atomic E-state index is -0.267. The summed E-state index contributed by atoms with van der Waals surface area (Å²) in [6.45, 7) is 4.86. The van der Waals surface area contributed by atoms with Crippen molar-refractivity contribution in [3.63, 3.8) is 0 Å². The van der Waals surface area contributed by atoms with Gasteiger partial charge in [0.05, 0.1) is 5.69 Å². The maximum Gasteiger partial charge on any atom is 0.124 e. The summed E-state index contributed by atoms with van der Waals surface area (Å²) in [6, 6.07) is 0. The van der Waals surface area contributed by atoms with Gasteiger partial charge in [0.2, 0.25) is 0 Å². The SMILES string of the molecule is CNCc1csc(C(C)(C)OC)n1. The molecule has 0 amide bonds. The van der Waals surface area contributed by atoms with E-state index in [4.69, 9.17) is 4.74 Å². The van der Waals surface area contributed by atoms with Gasteiger partial charge in [-0.2, -0.15) is 0 Å². The molecule has 0 radical (unpaired) electrons. The number of rotatable bonds is 4. The van der Waals surface area contributed by atoms with Crippen molar-refractivity contribution in [3.05, 3.63) is 16.1 Å². The number of aromatic nitrogens is 1. The van der Waals surface area contributed by atoms with Crippen molar-refractivity contribution >= 4 is 11.3 Å². The highest BCUT2D eigenvalue weighted by Crippen LogP contribution is 2.26. The highest BCUT2D eigenvalue weighted by Gasteiger charge is 2.23. The molecule has 0 fully saturated rings. The topological polar surface area (TPSA) is 34.1 Å². The molecule has 0 spiro atoms. The van der Waals surface area contributed by atoms with Gasteiger partial charge in [-0.05, 0) is 20.9 Å². The van der Waals surface area contributed by atoms with Crippen LogP contribution in [0, 0.1) is 0 Å². The summed E-state index contributed by atoms with van der Waals surface area (Å²) in [6.07, 6.45) is 0. The van der Waals surface area contributed by atoms with Gasteiger partial charge in [0.15, 0.2) is 0 Å². The molecule has 1 aromatic heterocycles. The monoisotopic (exact) mass is 200 g/mol. The molecule has 1 aromatic rings. The van der Waals surface area contributed by atoms with Crippen LogP contribution in [0.5, 0.6) is 0 Å². The van der Waals surface area contributed by atoms with Gasteiger partial charge in [-0.3, -0.25) is 0 Å². The van der Waals surface area contributed by atoms with Crippen molar-refractivity contribution in [2.75, 3.05) is 14.2 Å². The number of hydrogen-bond acceptors (Lipinski definition) is 4.